The maximum absolute atomic E-state index is 13.5. The van der Waals surface area contributed by atoms with Gasteiger partial charge in [-0.05, 0) is 99.5 Å². The van der Waals surface area contributed by atoms with Gasteiger partial charge in [0.1, 0.15) is 5.75 Å². The van der Waals surface area contributed by atoms with Crippen LogP contribution < -0.4 is 4.74 Å². The highest BCUT2D eigenvalue weighted by molar-refractivity contribution is 7.89. The Labute approximate surface area is 180 Å². The molecule has 5 nitrogen and oxygen atoms in total. The number of benzene rings is 2. The molecule has 1 aliphatic heterocycles. The van der Waals surface area contributed by atoms with Crippen molar-refractivity contribution >= 4 is 15.8 Å². The van der Waals surface area contributed by atoms with Crippen LogP contribution in [0.3, 0.4) is 0 Å². The first-order valence-electron chi connectivity index (χ1n) is 10.3. The monoisotopic (exact) mass is 429 g/mol. The van der Waals surface area contributed by atoms with Crippen molar-refractivity contribution in [3.63, 3.8) is 0 Å². The fraction of sp³-hybridized carbons (Fsp3) is 0.458. The number of piperidine rings is 1. The molecule has 0 radical (unpaired) electrons. The van der Waals surface area contributed by atoms with E-state index in [0.29, 0.717) is 42.1 Å². The summed E-state index contributed by atoms with van der Waals surface area (Å²) in [5.74, 6) is 0.625. The van der Waals surface area contributed by atoms with Crippen LogP contribution in [0.5, 0.6) is 5.75 Å². The van der Waals surface area contributed by atoms with Gasteiger partial charge in [0.05, 0.1) is 12.0 Å². The SMILES string of the molecule is COc1ccc(C(=O)C2CCN(S(=O)(=O)c3c(C)c(C)c(C)c(C)c3C)CC2)cc1. The number of carbonyl (C=O) groups excluding carboxylic acids is 1. The van der Waals surface area contributed by atoms with Crippen molar-refractivity contribution in [2.24, 2.45) is 5.92 Å². The van der Waals surface area contributed by atoms with Crippen molar-refractivity contribution < 1.29 is 17.9 Å². The summed E-state index contributed by atoms with van der Waals surface area (Å²) >= 11 is 0. The predicted octanol–water partition coefficient (Wildman–Crippen LogP) is 4.52. The molecule has 162 valence electrons. The number of nitrogens with zero attached hydrogens (tertiary/aromatic N) is 1. The minimum atomic E-state index is -3.60. The molecule has 1 fully saturated rings. The fourth-order valence-corrected chi connectivity index (χ4v) is 6.36. The van der Waals surface area contributed by atoms with Crippen LogP contribution in [0, 0.1) is 40.5 Å². The normalized spacial score (nSPS) is 15.9. The molecule has 0 bridgehead atoms. The summed E-state index contributed by atoms with van der Waals surface area (Å²) in [6, 6.07) is 7.10. The molecule has 30 heavy (non-hydrogen) atoms. The Morgan fingerprint density at radius 3 is 1.80 bits per heavy atom. The molecule has 0 saturated carbocycles. The number of carbonyl (C=O) groups is 1. The Bertz CT molecular complexity index is 1030. The standard InChI is InChI=1S/C24H31NO4S/c1-15-16(2)18(4)24(19(5)17(15)3)30(27,28)25-13-11-21(12-14-25)23(26)20-7-9-22(29-6)10-8-20/h7-10,21H,11-14H2,1-6H3. The zero-order chi connectivity index (χ0) is 22.2. The highest BCUT2D eigenvalue weighted by atomic mass is 32.2. The number of methoxy groups -OCH3 is 1. The third kappa shape index (κ3) is 3.91. The maximum atomic E-state index is 13.5. The lowest BCUT2D eigenvalue weighted by Crippen LogP contribution is -2.40. The summed E-state index contributed by atoms with van der Waals surface area (Å²) < 4.78 is 33.7. The van der Waals surface area contributed by atoms with Crippen LogP contribution in [0.2, 0.25) is 0 Å². The fourth-order valence-electron chi connectivity index (χ4n) is 4.33. The van der Waals surface area contributed by atoms with Gasteiger partial charge in [-0.2, -0.15) is 4.31 Å². The molecule has 1 aliphatic rings. The zero-order valence-corrected chi connectivity index (χ0v) is 19.5. The second kappa shape index (κ2) is 8.52. The van der Waals surface area contributed by atoms with Crippen LogP contribution in [-0.2, 0) is 10.0 Å². The molecule has 2 aromatic carbocycles. The lowest BCUT2D eigenvalue weighted by Gasteiger charge is -2.32. The molecular weight excluding hydrogens is 398 g/mol. The number of rotatable bonds is 5. The van der Waals surface area contributed by atoms with E-state index in [1.165, 1.54) is 0 Å². The topological polar surface area (TPSA) is 63.7 Å². The summed E-state index contributed by atoms with van der Waals surface area (Å²) in [6.07, 6.45) is 1.07. The van der Waals surface area contributed by atoms with Crippen LogP contribution in [0.4, 0.5) is 0 Å². The van der Waals surface area contributed by atoms with E-state index >= 15 is 0 Å². The highest BCUT2D eigenvalue weighted by Crippen LogP contribution is 2.33. The molecule has 0 unspecified atom stereocenters. The van der Waals surface area contributed by atoms with Gasteiger partial charge >= 0.3 is 0 Å². The van der Waals surface area contributed by atoms with Gasteiger partial charge in [0.25, 0.3) is 0 Å². The van der Waals surface area contributed by atoms with Gasteiger partial charge in [-0.25, -0.2) is 8.42 Å². The summed E-state index contributed by atoms with van der Waals surface area (Å²) in [5.41, 5.74) is 5.50. The number of hydrogen-bond donors (Lipinski definition) is 0. The van der Waals surface area contributed by atoms with E-state index in [4.69, 9.17) is 4.74 Å². The van der Waals surface area contributed by atoms with Crippen LogP contribution >= 0.6 is 0 Å². The van der Waals surface area contributed by atoms with E-state index in [0.717, 1.165) is 27.8 Å². The third-order valence-electron chi connectivity index (χ3n) is 6.73. The van der Waals surface area contributed by atoms with Crippen molar-refractivity contribution in [3.8, 4) is 5.75 Å². The number of ketones is 1. The van der Waals surface area contributed by atoms with Crippen LogP contribution in [-0.4, -0.2) is 38.7 Å². The van der Waals surface area contributed by atoms with Crippen molar-refractivity contribution in [2.75, 3.05) is 20.2 Å². The highest BCUT2D eigenvalue weighted by Gasteiger charge is 2.34. The molecule has 2 aromatic rings. The number of ether oxygens (including phenoxy) is 1. The van der Waals surface area contributed by atoms with Gasteiger partial charge in [-0.3, -0.25) is 4.79 Å². The van der Waals surface area contributed by atoms with Crippen molar-refractivity contribution in [1.29, 1.82) is 0 Å². The third-order valence-corrected chi connectivity index (χ3v) is 8.90. The van der Waals surface area contributed by atoms with E-state index < -0.39 is 10.0 Å². The van der Waals surface area contributed by atoms with Gasteiger partial charge in [0.2, 0.25) is 10.0 Å². The van der Waals surface area contributed by atoms with E-state index in [9.17, 15) is 13.2 Å². The smallest absolute Gasteiger partial charge is 0.243 e. The minimum absolute atomic E-state index is 0.0732. The minimum Gasteiger partial charge on any atom is -0.497 e. The zero-order valence-electron chi connectivity index (χ0n) is 18.7. The molecular formula is C24H31NO4S. The van der Waals surface area contributed by atoms with Crippen molar-refractivity contribution in [3.05, 3.63) is 57.6 Å². The van der Waals surface area contributed by atoms with E-state index in [1.54, 1.807) is 35.7 Å². The summed E-state index contributed by atoms with van der Waals surface area (Å²) in [7, 11) is -2.01. The van der Waals surface area contributed by atoms with Gasteiger partial charge in [-0.1, -0.05) is 0 Å². The molecule has 0 aromatic heterocycles. The lowest BCUT2D eigenvalue weighted by molar-refractivity contribution is 0.0875. The van der Waals surface area contributed by atoms with Crippen molar-refractivity contribution in [1.82, 2.24) is 4.31 Å². The van der Waals surface area contributed by atoms with Gasteiger partial charge < -0.3 is 4.74 Å². The maximum Gasteiger partial charge on any atom is 0.243 e. The number of hydrogen-bond acceptors (Lipinski definition) is 4. The molecule has 3 rings (SSSR count). The van der Waals surface area contributed by atoms with Gasteiger partial charge in [0.15, 0.2) is 5.78 Å². The number of Topliss-reactive ketones (excluding diaryl/α,β-unsaturated/α-hetero) is 1. The van der Waals surface area contributed by atoms with Gasteiger partial charge in [0, 0.05) is 24.6 Å². The molecule has 0 spiro atoms. The van der Waals surface area contributed by atoms with Crippen molar-refractivity contribution in [2.45, 2.75) is 52.4 Å². The predicted molar refractivity (Wildman–Crippen MR) is 119 cm³/mol. The molecule has 0 amide bonds. The second-order valence-electron chi connectivity index (χ2n) is 8.23. The largest absolute Gasteiger partial charge is 0.497 e. The summed E-state index contributed by atoms with van der Waals surface area (Å²) in [4.78, 5) is 13.3. The van der Waals surface area contributed by atoms with E-state index in [2.05, 4.69) is 0 Å². The van der Waals surface area contributed by atoms with Gasteiger partial charge in [-0.15, -0.1) is 0 Å². The number of sulfonamides is 1. The van der Waals surface area contributed by atoms with Crippen LogP contribution in [0.25, 0.3) is 0 Å². The van der Waals surface area contributed by atoms with E-state index in [-0.39, 0.29) is 11.7 Å². The molecule has 1 saturated heterocycles. The average molecular weight is 430 g/mol. The molecule has 0 aliphatic carbocycles. The Morgan fingerprint density at radius 1 is 0.867 bits per heavy atom. The molecule has 0 atom stereocenters. The average Bonchev–Trinajstić information content (AvgIpc) is 2.76. The van der Waals surface area contributed by atoms with Crippen LogP contribution in [0.1, 0.15) is 51.0 Å². The summed E-state index contributed by atoms with van der Waals surface area (Å²) in [6.45, 7) is 10.5. The quantitative estimate of drug-likeness (QED) is 0.656. The first-order valence-corrected chi connectivity index (χ1v) is 11.8. The Kier molecular flexibility index (Phi) is 6.39. The summed E-state index contributed by atoms with van der Waals surface area (Å²) in [5, 5.41) is 0. The van der Waals surface area contributed by atoms with Crippen LogP contribution in [0.15, 0.2) is 29.2 Å². The Hall–Kier alpha value is -2.18. The first-order chi connectivity index (χ1) is 14.1. The first kappa shape index (κ1) is 22.5. The Balaban J connectivity index is 1.80. The van der Waals surface area contributed by atoms with E-state index in [1.807, 2.05) is 34.6 Å². The molecule has 0 N–H and O–H groups in total. The second-order valence-corrected chi connectivity index (χ2v) is 10.1. The molecule has 1 heterocycles. The lowest BCUT2D eigenvalue weighted by atomic mass is 9.89. The molecule has 6 heteroatoms. The Morgan fingerprint density at radius 2 is 1.33 bits per heavy atom.